The smallest absolute Gasteiger partial charge is 0.416 e. The lowest BCUT2D eigenvalue weighted by Crippen LogP contribution is -2.18. The topological polar surface area (TPSA) is 123 Å². The Morgan fingerprint density at radius 2 is 1.75 bits per heavy atom. The maximum atomic E-state index is 12.8. The molecule has 36 heavy (non-hydrogen) atoms. The number of hydrogen-bond donors (Lipinski definition) is 0. The summed E-state index contributed by atoms with van der Waals surface area (Å²) in [4.78, 5) is 22.5. The van der Waals surface area contributed by atoms with Crippen molar-refractivity contribution in [3.05, 3.63) is 57.1 Å². The Morgan fingerprint density at radius 3 is 2.31 bits per heavy atom. The second kappa shape index (κ2) is 12.9. The molecule has 0 heterocycles. The minimum Gasteiger partial charge on any atom is -0.475 e. The molecular formula is C21H22ClF3NO9P. The van der Waals surface area contributed by atoms with Crippen molar-refractivity contribution >= 4 is 30.9 Å². The van der Waals surface area contributed by atoms with E-state index in [1.807, 2.05) is 0 Å². The van der Waals surface area contributed by atoms with E-state index in [1.54, 1.807) is 13.8 Å². The molecule has 0 N–H and O–H groups in total. The zero-order chi connectivity index (χ0) is 26.9. The van der Waals surface area contributed by atoms with E-state index in [0.29, 0.717) is 6.07 Å². The number of alkyl halides is 3. The highest BCUT2D eigenvalue weighted by molar-refractivity contribution is 7.53. The summed E-state index contributed by atoms with van der Waals surface area (Å²) in [5.41, 5.74) is -1.49. The molecule has 0 atom stereocenters. The van der Waals surface area contributed by atoms with E-state index in [9.17, 15) is 32.6 Å². The summed E-state index contributed by atoms with van der Waals surface area (Å²) in [5, 5.41) is 11.0. The Bertz CT molecular complexity index is 1120. The highest BCUT2D eigenvalue weighted by Gasteiger charge is 2.31. The van der Waals surface area contributed by atoms with Crippen LogP contribution in [0.5, 0.6) is 17.2 Å². The third-order valence-electron chi connectivity index (χ3n) is 4.24. The van der Waals surface area contributed by atoms with Gasteiger partial charge in [-0.2, -0.15) is 13.2 Å². The minimum absolute atomic E-state index is 0.0556. The lowest BCUT2D eigenvalue weighted by Gasteiger charge is -2.16. The van der Waals surface area contributed by atoms with Crippen molar-refractivity contribution < 1.29 is 50.7 Å². The number of hydrogen-bond acceptors (Lipinski definition) is 9. The van der Waals surface area contributed by atoms with Gasteiger partial charge in [0.1, 0.15) is 18.1 Å². The molecule has 0 aliphatic rings. The molecule has 0 unspecified atom stereocenters. The molecule has 0 saturated carbocycles. The van der Waals surface area contributed by atoms with Gasteiger partial charge in [-0.15, -0.1) is 0 Å². The largest absolute Gasteiger partial charge is 0.475 e. The number of ether oxygens (including phenoxy) is 3. The Labute approximate surface area is 208 Å². The van der Waals surface area contributed by atoms with Crippen LogP contribution in [0.2, 0.25) is 5.02 Å². The molecule has 0 bridgehead atoms. The van der Waals surface area contributed by atoms with E-state index in [0.717, 1.165) is 24.3 Å². The number of esters is 1. The molecule has 0 aliphatic carbocycles. The van der Waals surface area contributed by atoms with Crippen LogP contribution in [0.15, 0.2) is 36.4 Å². The van der Waals surface area contributed by atoms with Crippen molar-refractivity contribution in [2.24, 2.45) is 0 Å². The van der Waals surface area contributed by atoms with Gasteiger partial charge in [0.15, 0.2) is 6.61 Å². The van der Waals surface area contributed by atoms with Crippen LogP contribution in [0.1, 0.15) is 19.4 Å². The van der Waals surface area contributed by atoms with Gasteiger partial charge in [-0.3, -0.25) is 14.7 Å². The third-order valence-corrected chi connectivity index (χ3v) is 6.57. The van der Waals surface area contributed by atoms with Crippen LogP contribution < -0.4 is 9.47 Å². The molecule has 2 rings (SSSR count). The fraction of sp³-hybridized carbons (Fsp3) is 0.381. The summed E-state index contributed by atoms with van der Waals surface area (Å²) in [7, 11) is -3.43. The molecule has 0 aromatic heterocycles. The number of nitrogens with zero attached hydrogens (tertiary/aromatic N) is 1. The molecule has 198 valence electrons. The van der Waals surface area contributed by atoms with Crippen LogP contribution in [0, 0.1) is 10.1 Å². The van der Waals surface area contributed by atoms with Crippen molar-refractivity contribution in [1.29, 1.82) is 0 Å². The normalized spacial score (nSPS) is 11.7. The lowest BCUT2D eigenvalue weighted by molar-refractivity contribution is -0.385. The average molecular weight is 556 g/mol. The number of carbonyl (C=O) groups excluding carboxylic acids is 1. The molecule has 0 aliphatic heterocycles. The van der Waals surface area contributed by atoms with Gasteiger partial charge in [0, 0.05) is 12.1 Å². The highest BCUT2D eigenvalue weighted by atomic mass is 35.5. The van der Waals surface area contributed by atoms with Crippen LogP contribution in [0.4, 0.5) is 18.9 Å². The summed E-state index contributed by atoms with van der Waals surface area (Å²) in [6.07, 6.45) is -4.80. The molecule has 2 aromatic carbocycles. The van der Waals surface area contributed by atoms with E-state index >= 15 is 0 Å². The predicted octanol–water partition coefficient (Wildman–Crippen LogP) is 6.25. The van der Waals surface area contributed by atoms with Crippen molar-refractivity contribution in [1.82, 2.24) is 0 Å². The first-order valence-electron chi connectivity index (χ1n) is 10.4. The van der Waals surface area contributed by atoms with E-state index < -0.39 is 42.5 Å². The third kappa shape index (κ3) is 8.66. The van der Waals surface area contributed by atoms with E-state index in [1.165, 1.54) is 6.07 Å². The first kappa shape index (κ1) is 29.4. The summed E-state index contributed by atoms with van der Waals surface area (Å²) in [5.74, 6) is -1.48. The van der Waals surface area contributed by atoms with Gasteiger partial charge in [0.25, 0.3) is 0 Å². The molecule has 0 amide bonds. The molecule has 15 heteroatoms. The van der Waals surface area contributed by atoms with Gasteiger partial charge in [0.05, 0.1) is 34.9 Å². The second-order valence-electron chi connectivity index (χ2n) is 6.81. The lowest BCUT2D eigenvalue weighted by atomic mass is 10.2. The van der Waals surface area contributed by atoms with Gasteiger partial charge < -0.3 is 23.3 Å². The number of halogens is 4. The first-order valence-corrected chi connectivity index (χ1v) is 12.5. The molecule has 0 saturated heterocycles. The van der Waals surface area contributed by atoms with E-state index in [-0.39, 0.29) is 48.3 Å². The van der Waals surface area contributed by atoms with Crippen LogP contribution in [-0.4, -0.2) is 43.5 Å². The van der Waals surface area contributed by atoms with Gasteiger partial charge in [-0.25, -0.2) is 4.79 Å². The standard InChI is InChI=1S/C21H22ClF3NO9P/c1-3-33-36(30,34-4-2)10-9-31-20(27)13-32-19-12-15(6-7-17(19)26(28)29)35-18-8-5-14(11-16(18)22)21(23,24)25/h5-8,11-12H,3-4,9-10,13H2,1-2H3. The monoisotopic (exact) mass is 555 g/mol. The number of nitro benzene ring substituents is 1. The van der Waals surface area contributed by atoms with Gasteiger partial charge in [0.2, 0.25) is 5.75 Å². The molecule has 0 fully saturated rings. The summed E-state index contributed by atoms with van der Waals surface area (Å²) < 4.78 is 76.5. The average Bonchev–Trinajstić information content (AvgIpc) is 2.78. The van der Waals surface area contributed by atoms with Crippen LogP contribution in [-0.2, 0) is 29.3 Å². The fourth-order valence-electron chi connectivity index (χ4n) is 2.72. The van der Waals surface area contributed by atoms with Gasteiger partial charge >= 0.3 is 25.4 Å². The Morgan fingerprint density at radius 1 is 1.08 bits per heavy atom. The molecule has 0 radical (unpaired) electrons. The Kier molecular flexibility index (Phi) is 10.5. The zero-order valence-electron chi connectivity index (χ0n) is 19.1. The van der Waals surface area contributed by atoms with Crippen molar-refractivity contribution in [2.45, 2.75) is 20.0 Å². The van der Waals surface area contributed by atoms with Crippen molar-refractivity contribution in [3.63, 3.8) is 0 Å². The van der Waals surface area contributed by atoms with Crippen molar-refractivity contribution in [2.75, 3.05) is 32.6 Å². The molecular weight excluding hydrogens is 534 g/mol. The first-order chi connectivity index (χ1) is 16.9. The Hall–Kier alpha value is -2.86. The van der Waals surface area contributed by atoms with Crippen molar-refractivity contribution in [3.8, 4) is 17.2 Å². The number of carbonyl (C=O) groups is 1. The molecule has 0 spiro atoms. The number of nitro groups is 1. The van der Waals surface area contributed by atoms with Crippen LogP contribution in [0.25, 0.3) is 0 Å². The fourth-order valence-corrected chi connectivity index (χ4v) is 4.37. The highest BCUT2D eigenvalue weighted by Crippen LogP contribution is 2.47. The zero-order valence-corrected chi connectivity index (χ0v) is 20.7. The quantitative estimate of drug-likeness (QED) is 0.122. The number of benzene rings is 2. The SMILES string of the molecule is CCOP(=O)(CCOC(=O)COc1cc(Oc2ccc(C(F)(F)F)cc2Cl)ccc1[N+](=O)[O-])OCC. The van der Waals surface area contributed by atoms with Crippen LogP contribution >= 0.6 is 19.2 Å². The maximum Gasteiger partial charge on any atom is 0.416 e. The number of rotatable bonds is 13. The second-order valence-corrected chi connectivity index (χ2v) is 9.40. The molecule has 2 aromatic rings. The van der Waals surface area contributed by atoms with E-state index in [4.69, 9.17) is 34.9 Å². The maximum absolute atomic E-state index is 12.8. The van der Waals surface area contributed by atoms with Gasteiger partial charge in [-0.05, 0) is 38.1 Å². The predicted molar refractivity (Wildman–Crippen MR) is 122 cm³/mol. The minimum atomic E-state index is -4.60. The van der Waals surface area contributed by atoms with Gasteiger partial charge in [-0.1, -0.05) is 11.6 Å². The van der Waals surface area contributed by atoms with Crippen LogP contribution in [0.3, 0.4) is 0 Å². The molecule has 10 nitrogen and oxygen atoms in total. The Balaban J connectivity index is 2.06. The summed E-state index contributed by atoms with van der Waals surface area (Å²) in [6.45, 7) is 2.47. The van der Waals surface area contributed by atoms with E-state index in [2.05, 4.69) is 0 Å². The summed E-state index contributed by atoms with van der Waals surface area (Å²) in [6, 6.07) is 5.69. The summed E-state index contributed by atoms with van der Waals surface area (Å²) >= 11 is 5.87.